The number of ether oxygens (including phenoxy) is 2. The molecule has 0 aliphatic carbocycles. The van der Waals surface area contributed by atoms with Crippen molar-refractivity contribution in [3.05, 3.63) is 23.3 Å². The van der Waals surface area contributed by atoms with E-state index in [0.29, 0.717) is 19.6 Å². The molecule has 0 unspecified atom stereocenters. The Morgan fingerprint density at radius 2 is 1.71 bits per heavy atom. The van der Waals surface area contributed by atoms with Gasteiger partial charge in [0.2, 0.25) is 0 Å². The molecule has 21 heavy (non-hydrogen) atoms. The summed E-state index contributed by atoms with van der Waals surface area (Å²) in [6.45, 7) is 1.73. The Balaban J connectivity index is 2.40. The van der Waals surface area contributed by atoms with Gasteiger partial charge in [-0.3, -0.25) is 0 Å². The van der Waals surface area contributed by atoms with Gasteiger partial charge in [0.15, 0.2) is 0 Å². The minimum absolute atomic E-state index is 0.0396. The van der Waals surface area contributed by atoms with E-state index in [1.165, 1.54) is 0 Å². The zero-order chi connectivity index (χ0) is 15.6. The van der Waals surface area contributed by atoms with Crippen LogP contribution in [0.3, 0.4) is 0 Å². The number of carbonyl (C=O) groups is 1. The zero-order valence-electron chi connectivity index (χ0n) is 13.0. The van der Waals surface area contributed by atoms with Gasteiger partial charge in [0.1, 0.15) is 11.5 Å². The molecule has 6 nitrogen and oxygen atoms in total. The van der Waals surface area contributed by atoms with Crippen LogP contribution in [0.4, 0.5) is 4.79 Å². The number of carbonyl (C=O) groups excluding carboxylic acids is 1. The number of methoxy groups -OCH3 is 2. The van der Waals surface area contributed by atoms with Gasteiger partial charge >= 0.3 is 6.03 Å². The van der Waals surface area contributed by atoms with Crippen molar-refractivity contribution in [3.63, 3.8) is 0 Å². The molecule has 2 N–H and O–H groups in total. The average molecular weight is 293 g/mol. The topological polar surface area (TPSA) is 68.0 Å². The van der Waals surface area contributed by atoms with E-state index in [1.807, 2.05) is 26.2 Å². The molecule has 2 rings (SSSR count). The first-order chi connectivity index (χ1) is 10.0. The fourth-order valence-corrected chi connectivity index (χ4v) is 2.83. The van der Waals surface area contributed by atoms with Gasteiger partial charge in [-0.15, -0.1) is 0 Å². The molecular weight excluding hydrogens is 270 g/mol. The Kier molecular flexibility index (Phi) is 4.57. The van der Waals surface area contributed by atoms with E-state index < -0.39 is 0 Å². The number of nitrogens with two attached hydrogens (primary N) is 1. The summed E-state index contributed by atoms with van der Waals surface area (Å²) in [6, 6.07) is 3.94. The van der Waals surface area contributed by atoms with Gasteiger partial charge in [-0.25, -0.2) is 4.79 Å². The van der Waals surface area contributed by atoms with Gasteiger partial charge in [0.25, 0.3) is 0 Å². The fraction of sp³-hybridized carbons (Fsp3) is 0.533. The molecule has 1 fully saturated rings. The molecule has 116 valence electrons. The molecular formula is C15H23N3O3. The molecule has 0 atom stereocenters. The van der Waals surface area contributed by atoms with Crippen LogP contribution in [0.1, 0.15) is 17.0 Å². The quantitative estimate of drug-likeness (QED) is 0.907. The number of benzene rings is 1. The maximum atomic E-state index is 11.9. The maximum Gasteiger partial charge on any atom is 0.319 e. The molecule has 0 bridgehead atoms. The minimum Gasteiger partial charge on any atom is -0.496 e. The van der Waals surface area contributed by atoms with Crippen LogP contribution in [-0.4, -0.2) is 57.2 Å². The van der Waals surface area contributed by atoms with Gasteiger partial charge in [-0.05, 0) is 6.07 Å². The van der Waals surface area contributed by atoms with Crippen LogP contribution in [-0.2, 0) is 6.54 Å². The Morgan fingerprint density at radius 1 is 1.14 bits per heavy atom. The normalized spacial score (nSPS) is 16.3. The van der Waals surface area contributed by atoms with Crippen LogP contribution >= 0.6 is 0 Å². The molecule has 0 radical (unpaired) electrons. The van der Waals surface area contributed by atoms with Crippen LogP contribution in [0, 0.1) is 0 Å². The Labute approximate surface area is 125 Å². The van der Waals surface area contributed by atoms with Crippen molar-refractivity contribution >= 4 is 6.03 Å². The van der Waals surface area contributed by atoms with Crippen LogP contribution in [0.25, 0.3) is 0 Å². The Morgan fingerprint density at radius 3 is 2.19 bits per heavy atom. The third-order valence-corrected chi connectivity index (χ3v) is 3.93. The van der Waals surface area contributed by atoms with Crippen molar-refractivity contribution in [3.8, 4) is 11.5 Å². The molecule has 1 aromatic rings. The van der Waals surface area contributed by atoms with Gasteiger partial charge in [-0.2, -0.15) is 0 Å². The predicted octanol–water partition coefficient (Wildman–Crippen LogP) is 1.24. The van der Waals surface area contributed by atoms with E-state index in [1.54, 1.807) is 24.0 Å². The number of hydrogen-bond donors (Lipinski definition) is 1. The number of likely N-dealkylation sites (N-methyl/N-ethyl adjacent to an activating group) is 2. The first-order valence-corrected chi connectivity index (χ1v) is 6.92. The number of urea groups is 1. The predicted molar refractivity (Wildman–Crippen MR) is 80.8 cm³/mol. The molecule has 1 aromatic carbocycles. The average Bonchev–Trinajstić information content (AvgIpc) is 2.50. The number of rotatable bonds is 4. The van der Waals surface area contributed by atoms with E-state index >= 15 is 0 Å². The number of hydrogen-bond acceptors (Lipinski definition) is 4. The summed E-state index contributed by atoms with van der Waals surface area (Å²) in [6.07, 6.45) is 0. The molecule has 0 spiro atoms. The smallest absolute Gasteiger partial charge is 0.319 e. The van der Waals surface area contributed by atoms with E-state index in [0.717, 1.165) is 22.6 Å². The second-order valence-electron chi connectivity index (χ2n) is 5.35. The Hall–Kier alpha value is -1.95. The second-order valence-corrected chi connectivity index (χ2v) is 5.35. The SMILES string of the molecule is COc1cc(OC)c(C2CN(C)C(=O)N(C)C2)cc1CN. The standard InChI is InChI=1S/C15H23N3O3/c1-17-8-11(9-18(2)15(17)19)12-5-10(7-16)13(20-3)6-14(12)21-4/h5-6,11H,7-9,16H2,1-4H3. The lowest BCUT2D eigenvalue weighted by Gasteiger charge is -2.37. The number of nitrogens with zero attached hydrogens (tertiary/aromatic N) is 2. The summed E-state index contributed by atoms with van der Waals surface area (Å²) in [5.41, 5.74) is 7.80. The van der Waals surface area contributed by atoms with Crippen LogP contribution < -0.4 is 15.2 Å². The summed E-state index contributed by atoms with van der Waals surface area (Å²) in [7, 11) is 6.88. The van der Waals surface area contributed by atoms with Crippen LogP contribution in [0.5, 0.6) is 11.5 Å². The first-order valence-electron chi connectivity index (χ1n) is 6.92. The zero-order valence-corrected chi connectivity index (χ0v) is 13.0. The van der Waals surface area contributed by atoms with Crippen LogP contribution in [0.2, 0.25) is 0 Å². The molecule has 1 heterocycles. The highest BCUT2D eigenvalue weighted by Crippen LogP contribution is 2.35. The molecule has 0 saturated carbocycles. The largest absolute Gasteiger partial charge is 0.496 e. The van der Waals surface area contributed by atoms with Gasteiger partial charge in [0, 0.05) is 56.8 Å². The molecule has 1 aliphatic rings. The van der Waals surface area contributed by atoms with Gasteiger partial charge in [-0.1, -0.05) is 0 Å². The van der Waals surface area contributed by atoms with E-state index in [2.05, 4.69) is 0 Å². The van der Waals surface area contributed by atoms with E-state index in [-0.39, 0.29) is 11.9 Å². The third-order valence-electron chi connectivity index (χ3n) is 3.93. The molecule has 6 heteroatoms. The van der Waals surface area contributed by atoms with Crippen molar-refractivity contribution in [1.29, 1.82) is 0 Å². The van der Waals surface area contributed by atoms with E-state index in [4.69, 9.17) is 15.2 Å². The second kappa shape index (κ2) is 6.22. The number of amides is 2. The minimum atomic E-state index is 0.0396. The van der Waals surface area contributed by atoms with Gasteiger partial charge < -0.3 is 25.0 Å². The highest BCUT2D eigenvalue weighted by atomic mass is 16.5. The summed E-state index contributed by atoms with van der Waals surface area (Å²) in [5.74, 6) is 1.68. The Bertz CT molecular complexity index is 519. The highest BCUT2D eigenvalue weighted by molar-refractivity contribution is 5.75. The summed E-state index contributed by atoms with van der Waals surface area (Å²) < 4.78 is 10.8. The lowest BCUT2D eigenvalue weighted by Crippen LogP contribution is -2.49. The fourth-order valence-electron chi connectivity index (χ4n) is 2.83. The van der Waals surface area contributed by atoms with Crippen molar-refractivity contribution in [2.24, 2.45) is 5.73 Å². The monoisotopic (exact) mass is 293 g/mol. The van der Waals surface area contributed by atoms with Gasteiger partial charge in [0.05, 0.1) is 14.2 Å². The van der Waals surface area contributed by atoms with Crippen molar-refractivity contribution in [1.82, 2.24) is 9.80 Å². The van der Waals surface area contributed by atoms with Crippen molar-refractivity contribution < 1.29 is 14.3 Å². The molecule has 1 aliphatic heterocycles. The third kappa shape index (κ3) is 2.90. The maximum absolute atomic E-state index is 11.9. The lowest BCUT2D eigenvalue weighted by atomic mass is 9.93. The first kappa shape index (κ1) is 15.4. The van der Waals surface area contributed by atoms with E-state index in [9.17, 15) is 4.79 Å². The summed E-state index contributed by atoms with van der Waals surface area (Å²) in [4.78, 5) is 15.3. The van der Waals surface area contributed by atoms with Crippen molar-refractivity contribution in [2.45, 2.75) is 12.5 Å². The summed E-state index contributed by atoms with van der Waals surface area (Å²) in [5, 5.41) is 0. The summed E-state index contributed by atoms with van der Waals surface area (Å²) >= 11 is 0. The highest BCUT2D eigenvalue weighted by Gasteiger charge is 2.30. The molecule has 0 aromatic heterocycles. The van der Waals surface area contributed by atoms with Crippen molar-refractivity contribution in [2.75, 3.05) is 41.4 Å². The lowest BCUT2D eigenvalue weighted by molar-refractivity contribution is 0.144. The molecule has 2 amide bonds. The van der Waals surface area contributed by atoms with Crippen LogP contribution in [0.15, 0.2) is 12.1 Å². The molecule has 1 saturated heterocycles.